The Balaban J connectivity index is 1.33. The van der Waals surface area contributed by atoms with Gasteiger partial charge in [0.2, 0.25) is 5.78 Å². The molecule has 0 saturated carbocycles. The molecule has 0 spiro atoms. The van der Waals surface area contributed by atoms with Crippen LogP contribution in [-0.2, 0) is 6.54 Å². The first-order valence-electron chi connectivity index (χ1n) is 10.5. The minimum atomic E-state index is -0.163. The molecule has 0 atom stereocenters. The Hall–Kier alpha value is -3.16. The highest BCUT2D eigenvalue weighted by Gasteiger charge is 2.32. The van der Waals surface area contributed by atoms with E-state index in [1.54, 1.807) is 24.4 Å². The zero-order chi connectivity index (χ0) is 22.1. The smallest absolute Gasteiger partial charge is 0.231 e. The first-order chi connectivity index (χ1) is 15.6. The van der Waals surface area contributed by atoms with Crippen molar-refractivity contribution in [2.24, 2.45) is 0 Å². The van der Waals surface area contributed by atoms with E-state index in [1.807, 2.05) is 42.5 Å². The number of piperazine rings is 1. The van der Waals surface area contributed by atoms with Crippen LogP contribution in [0.2, 0.25) is 0 Å². The molecule has 2 aliphatic rings. The Bertz CT molecular complexity index is 1170. The lowest BCUT2D eigenvalue weighted by Gasteiger charge is -2.35. The first kappa shape index (κ1) is 20.7. The molecule has 0 unspecified atom stereocenters. The number of hydrogen-bond donors (Lipinski definition) is 1. The highest BCUT2D eigenvalue weighted by molar-refractivity contribution is 9.10. The van der Waals surface area contributed by atoms with Gasteiger partial charge in [0.15, 0.2) is 5.76 Å². The number of nitrogens with zero attached hydrogens (tertiary/aromatic N) is 3. The number of hydrogen-bond acceptors (Lipinski definition) is 6. The monoisotopic (exact) mass is 491 g/mol. The Morgan fingerprint density at radius 2 is 1.81 bits per heavy atom. The Labute approximate surface area is 194 Å². The maximum absolute atomic E-state index is 12.9. The standard InChI is InChI=1S/C25H22BrN3O3/c26-18-6-4-17(5-7-18)15-22-24(31)19-8-9-21(30)20(25(19)32-22)16-28-11-13-29(14-12-28)23-3-1-2-10-27-23/h1-10,15,30H,11-14,16H2/b22-15-. The fourth-order valence-corrected chi connectivity index (χ4v) is 4.32. The van der Waals surface area contributed by atoms with Crippen molar-refractivity contribution >= 4 is 33.6 Å². The van der Waals surface area contributed by atoms with Gasteiger partial charge in [-0.1, -0.05) is 34.1 Å². The Kier molecular flexibility index (Phi) is 5.68. The van der Waals surface area contributed by atoms with Gasteiger partial charge in [-0.25, -0.2) is 4.98 Å². The molecule has 0 amide bonds. The Morgan fingerprint density at radius 1 is 1.03 bits per heavy atom. The van der Waals surface area contributed by atoms with Gasteiger partial charge in [-0.3, -0.25) is 9.69 Å². The normalized spacial score (nSPS) is 17.5. The number of phenolic OH excluding ortho intramolecular Hbond substituents is 1. The minimum Gasteiger partial charge on any atom is -0.507 e. The number of anilines is 1. The highest BCUT2D eigenvalue weighted by Crippen LogP contribution is 2.40. The summed E-state index contributed by atoms with van der Waals surface area (Å²) < 4.78 is 6.96. The van der Waals surface area contributed by atoms with Gasteiger partial charge in [-0.05, 0) is 48.0 Å². The predicted octanol–water partition coefficient (Wildman–Crippen LogP) is 4.49. The third-order valence-electron chi connectivity index (χ3n) is 5.81. The maximum Gasteiger partial charge on any atom is 0.231 e. The molecule has 2 aromatic carbocycles. The summed E-state index contributed by atoms with van der Waals surface area (Å²) in [4.78, 5) is 21.9. The number of allylic oxidation sites excluding steroid dienone is 1. The molecule has 7 heteroatoms. The summed E-state index contributed by atoms with van der Waals surface area (Å²) in [5.74, 6) is 1.70. The molecular formula is C25H22BrN3O3. The highest BCUT2D eigenvalue weighted by atomic mass is 79.9. The zero-order valence-corrected chi connectivity index (χ0v) is 19.0. The molecule has 3 heterocycles. The number of pyridine rings is 1. The van der Waals surface area contributed by atoms with Gasteiger partial charge < -0.3 is 14.7 Å². The van der Waals surface area contributed by atoms with Crippen molar-refractivity contribution in [1.82, 2.24) is 9.88 Å². The summed E-state index contributed by atoms with van der Waals surface area (Å²) in [5, 5.41) is 10.6. The number of aromatic hydroxyl groups is 1. The van der Waals surface area contributed by atoms with Crippen LogP contribution >= 0.6 is 15.9 Å². The summed E-state index contributed by atoms with van der Waals surface area (Å²) in [5.41, 5.74) is 2.02. The van der Waals surface area contributed by atoms with Crippen molar-refractivity contribution in [3.8, 4) is 11.5 Å². The molecule has 0 aliphatic carbocycles. The molecule has 32 heavy (non-hydrogen) atoms. The number of aromatic nitrogens is 1. The third kappa shape index (κ3) is 4.13. The summed E-state index contributed by atoms with van der Waals surface area (Å²) >= 11 is 3.42. The fraction of sp³-hybridized carbons (Fsp3) is 0.200. The van der Waals surface area contributed by atoms with E-state index < -0.39 is 0 Å². The van der Waals surface area contributed by atoms with E-state index in [9.17, 15) is 9.90 Å². The molecule has 1 fully saturated rings. The van der Waals surface area contributed by atoms with Gasteiger partial charge in [0.1, 0.15) is 17.3 Å². The number of ether oxygens (including phenoxy) is 1. The van der Waals surface area contributed by atoms with Crippen molar-refractivity contribution in [3.05, 3.63) is 87.7 Å². The molecule has 162 valence electrons. The number of carbonyl (C=O) groups excluding carboxylic acids is 1. The number of phenols is 1. The SMILES string of the molecule is O=C1/C(=C/c2ccc(Br)cc2)Oc2c1ccc(O)c2CN1CCN(c2ccccn2)CC1. The van der Waals surface area contributed by atoms with Crippen LogP contribution in [0.4, 0.5) is 5.82 Å². The molecule has 2 aliphatic heterocycles. The van der Waals surface area contributed by atoms with E-state index in [0.717, 1.165) is 42.0 Å². The number of Topliss-reactive ketones (excluding diaryl/α,β-unsaturated/α-hetero) is 1. The zero-order valence-electron chi connectivity index (χ0n) is 17.4. The fourth-order valence-electron chi connectivity index (χ4n) is 4.06. The lowest BCUT2D eigenvalue weighted by molar-refractivity contribution is 0.101. The number of rotatable bonds is 4. The summed E-state index contributed by atoms with van der Waals surface area (Å²) in [7, 11) is 0. The molecule has 1 N–H and O–H groups in total. The second kappa shape index (κ2) is 8.76. The van der Waals surface area contributed by atoms with Gasteiger partial charge in [0.05, 0.1) is 11.1 Å². The summed E-state index contributed by atoms with van der Waals surface area (Å²) in [6.45, 7) is 3.87. The van der Waals surface area contributed by atoms with Crippen molar-refractivity contribution in [1.29, 1.82) is 0 Å². The molecular weight excluding hydrogens is 470 g/mol. The second-order valence-corrected chi connectivity index (χ2v) is 8.80. The van der Waals surface area contributed by atoms with E-state index >= 15 is 0 Å². The second-order valence-electron chi connectivity index (χ2n) is 7.88. The van der Waals surface area contributed by atoms with Gasteiger partial charge in [0.25, 0.3) is 0 Å². The quantitative estimate of drug-likeness (QED) is 0.542. The number of halogens is 1. The van der Waals surface area contributed by atoms with E-state index in [-0.39, 0.29) is 17.3 Å². The van der Waals surface area contributed by atoms with Crippen molar-refractivity contribution in [3.63, 3.8) is 0 Å². The van der Waals surface area contributed by atoms with Crippen LogP contribution in [0, 0.1) is 0 Å². The topological polar surface area (TPSA) is 65.9 Å². The largest absolute Gasteiger partial charge is 0.507 e. The maximum atomic E-state index is 12.9. The van der Waals surface area contributed by atoms with Crippen molar-refractivity contribution in [2.75, 3.05) is 31.1 Å². The molecule has 5 rings (SSSR count). The lowest BCUT2D eigenvalue weighted by atomic mass is 10.0. The third-order valence-corrected chi connectivity index (χ3v) is 6.34. The molecule has 3 aromatic rings. The number of ketones is 1. The van der Waals surface area contributed by atoms with E-state index in [0.29, 0.717) is 23.4 Å². The van der Waals surface area contributed by atoms with Crippen LogP contribution in [0.15, 0.2) is 71.0 Å². The number of carbonyl (C=O) groups is 1. The van der Waals surface area contributed by atoms with Gasteiger partial charge >= 0.3 is 0 Å². The van der Waals surface area contributed by atoms with Crippen molar-refractivity contribution in [2.45, 2.75) is 6.54 Å². The van der Waals surface area contributed by atoms with E-state index in [2.05, 4.69) is 30.7 Å². The van der Waals surface area contributed by atoms with Crippen LogP contribution < -0.4 is 9.64 Å². The average Bonchev–Trinajstić information content (AvgIpc) is 3.13. The van der Waals surface area contributed by atoms with Crippen LogP contribution in [-0.4, -0.2) is 47.0 Å². The first-order valence-corrected chi connectivity index (χ1v) is 11.3. The van der Waals surface area contributed by atoms with Crippen LogP contribution in [0.3, 0.4) is 0 Å². The summed E-state index contributed by atoms with van der Waals surface area (Å²) in [6.07, 6.45) is 3.54. The minimum absolute atomic E-state index is 0.147. The molecule has 6 nitrogen and oxygen atoms in total. The molecule has 0 bridgehead atoms. The molecule has 0 radical (unpaired) electrons. The number of fused-ring (bicyclic) bond motifs is 1. The van der Waals surface area contributed by atoms with E-state index in [1.165, 1.54) is 0 Å². The van der Waals surface area contributed by atoms with Crippen molar-refractivity contribution < 1.29 is 14.6 Å². The summed E-state index contributed by atoms with van der Waals surface area (Å²) in [6, 6.07) is 16.8. The molecule has 1 saturated heterocycles. The van der Waals surface area contributed by atoms with Gasteiger partial charge in [-0.2, -0.15) is 0 Å². The van der Waals surface area contributed by atoms with Gasteiger partial charge in [-0.15, -0.1) is 0 Å². The lowest BCUT2D eigenvalue weighted by Crippen LogP contribution is -2.46. The average molecular weight is 492 g/mol. The van der Waals surface area contributed by atoms with Crippen LogP contribution in [0.25, 0.3) is 6.08 Å². The van der Waals surface area contributed by atoms with Crippen LogP contribution in [0.1, 0.15) is 21.5 Å². The molecule has 1 aromatic heterocycles. The van der Waals surface area contributed by atoms with Gasteiger partial charge in [0, 0.05) is 43.4 Å². The van der Waals surface area contributed by atoms with Crippen LogP contribution in [0.5, 0.6) is 11.5 Å². The Morgan fingerprint density at radius 3 is 2.53 bits per heavy atom. The van der Waals surface area contributed by atoms with E-state index in [4.69, 9.17) is 4.74 Å². The predicted molar refractivity (Wildman–Crippen MR) is 127 cm³/mol. The number of benzene rings is 2.